The van der Waals surface area contributed by atoms with Gasteiger partial charge in [0.25, 0.3) is 0 Å². The Hall–Kier alpha value is -1.14. The summed E-state index contributed by atoms with van der Waals surface area (Å²) in [4.78, 5) is 23.0. The zero-order valence-corrected chi connectivity index (χ0v) is 10.7. The second-order valence-corrected chi connectivity index (χ2v) is 5.21. The van der Waals surface area contributed by atoms with Crippen LogP contribution in [-0.4, -0.2) is 41.3 Å². The van der Waals surface area contributed by atoms with Crippen LogP contribution in [0.25, 0.3) is 0 Å². The van der Waals surface area contributed by atoms with Crippen molar-refractivity contribution in [3.63, 3.8) is 0 Å². The highest BCUT2D eigenvalue weighted by atomic mass is 16.4. The van der Waals surface area contributed by atoms with Gasteiger partial charge in [0.05, 0.1) is 12.0 Å². The number of aliphatic carboxylic acids is 1. The fraction of sp³-hybridized carbons (Fsp3) is 0.833. The summed E-state index contributed by atoms with van der Waals surface area (Å²) in [5.41, 5.74) is 5.04. The number of aliphatic hydroxyl groups is 1. The highest BCUT2D eigenvalue weighted by Crippen LogP contribution is 2.38. The fourth-order valence-corrected chi connectivity index (χ4v) is 2.34. The van der Waals surface area contributed by atoms with Gasteiger partial charge < -0.3 is 21.3 Å². The lowest BCUT2D eigenvalue weighted by Gasteiger charge is -2.37. The van der Waals surface area contributed by atoms with E-state index in [1.165, 1.54) is 0 Å². The minimum absolute atomic E-state index is 0.212. The highest BCUT2D eigenvalue weighted by molar-refractivity contribution is 5.87. The monoisotopic (exact) mass is 258 g/mol. The van der Waals surface area contributed by atoms with Crippen LogP contribution in [0.1, 0.15) is 32.6 Å². The molecule has 0 spiro atoms. The molecule has 0 heterocycles. The van der Waals surface area contributed by atoms with Gasteiger partial charge in [0.1, 0.15) is 6.04 Å². The van der Waals surface area contributed by atoms with Crippen LogP contribution in [0.5, 0.6) is 0 Å². The van der Waals surface area contributed by atoms with Gasteiger partial charge in [-0.3, -0.25) is 4.79 Å². The molecule has 0 aromatic heterocycles. The van der Waals surface area contributed by atoms with Crippen LogP contribution in [0.2, 0.25) is 0 Å². The molecule has 104 valence electrons. The van der Waals surface area contributed by atoms with E-state index in [9.17, 15) is 9.59 Å². The number of hydrogen-bond donors (Lipinski definition) is 4. The third-order valence-corrected chi connectivity index (χ3v) is 3.89. The molecule has 1 aliphatic carbocycles. The van der Waals surface area contributed by atoms with E-state index in [1.54, 1.807) is 0 Å². The van der Waals surface area contributed by atoms with Gasteiger partial charge >= 0.3 is 5.97 Å². The number of hydrogen-bond acceptors (Lipinski definition) is 4. The summed E-state index contributed by atoms with van der Waals surface area (Å²) in [7, 11) is 0. The van der Waals surface area contributed by atoms with Crippen molar-refractivity contribution < 1.29 is 19.8 Å². The zero-order valence-electron chi connectivity index (χ0n) is 10.7. The molecule has 1 saturated carbocycles. The first kappa shape index (κ1) is 14.9. The van der Waals surface area contributed by atoms with Crippen molar-refractivity contribution in [2.24, 2.45) is 17.1 Å². The number of aliphatic hydroxyl groups excluding tert-OH is 1. The molecule has 5 N–H and O–H groups in total. The largest absolute Gasteiger partial charge is 0.480 e. The summed E-state index contributed by atoms with van der Waals surface area (Å²) >= 11 is 0. The summed E-state index contributed by atoms with van der Waals surface area (Å²) in [6.07, 6.45) is 3.19. The van der Waals surface area contributed by atoms with Gasteiger partial charge in [-0.05, 0) is 31.6 Å². The first-order chi connectivity index (χ1) is 8.45. The van der Waals surface area contributed by atoms with E-state index < -0.39 is 24.0 Å². The van der Waals surface area contributed by atoms with Crippen molar-refractivity contribution in [2.75, 3.05) is 13.2 Å². The Morgan fingerprint density at radius 1 is 1.44 bits per heavy atom. The predicted molar refractivity (Wildman–Crippen MR) is 65.8 cm³/mol. The number of carboxylic acids is 1. The van der Waals surface area contributed by atoms with Gasteiger partial charge in [0.15, 0.2) is 0 Å². The Balaban J connectivity index is 2.70. The molecule has 1 fully saturated rings. The average Bonchev–Trinajstić information content (AvgIpc) is 2.36. The third-order valence-electron chi connectivity index (χ3n) is 3.89. The van der Waals surface area contributed by atoms with Gasteiger partial charge in [-0.25, -0.2) is 4.79 Å². The third kappa shape index (κ3) is 3.20. The Morgan fingerprint density at radius 2 is 2.00 bits per heavy atom. The zero-order chi connectivity index (χ0) is 13.8. The SMILES string of the molecule is CC1CCC(CN)(C(=O)NC(CO)C(=O)O)CC1. The molecular weight excluding hydrogens is 236 g/mol. The van der Waals surface area contributed by atoms with Crippen molar-refractivity contribution in [1.82, 2.24) is 5.32 Å². The molecule has 1 atom stereocenters. The molecule has 1 amide bonds. The molecule has 0 aliphatic heterocycles. The first-order valence-electron chi connectivity index (χ1n) is 6.30. The molecule has 1 aliphatic rings. The van der Waals surface area contributed by atoms with Crippen LogP contribution >= 0.6 is 0 Å². The molecule has 0 radical (unpaired) electrons. The molecule has 0 bridgehead atoms. The molecule has 0 saturated heterocycles. The van der Waals surface area contributed by atoms with E-state index in [2.05, 4.69) is 12.2 Å². The Bertz CT molecular complexity index is 311. The van der Waals surface area contributed by atoms with Crippen molar-refractivity contribution in [3.8, 4) is 0 Å². The minimum atomic E-state index is -1.25. The maximum atomic E-state index is 12.2. The van der Waals surface area contributed by atoms with Crippen LogP contribution in [0.4, 0.5) is 0 Å². The second kappa shape index (κ2) is 6.15. The lowest BCUT2D eigenvalue weighted by molar-refractivity contribution is -0.145. The van der Waals surface area contributed by atoms with Crippen molar-refractivity contribution in [2.45, 2.75) is 38.6 Å². The molecular formula is C12H22N2O4. The minimum Gasteiger partial charge on any atom is -0.480 e. The Labute approximate surface area is 107 Å². The van der Waals surface area contributed by atoms with E-state index >= 15 is 0 Å². The van der Waals surface area contributed by atoms with Gasteiger partial charge in [-0.1, -0.05) is 6.92 Å². The topological polar surface area (TPSA) is 113 Å². The number of amides is 1. The Kier molecular flexibility index (Phi) is 5.10. The fourth-order valence-electron chi connectivity index (χ4n) is 2.34. The normalized spacial score (nSPS) is 29.6. The number of nitrogens with one attached hydrogen (secondary N) is 1. The Morgan fingerprint density at radius 3 is 2.39 bits per heavy atom. The van der Waals surface area contributed by atoms with Crippen molar-refractivity contribution >= 4 is 11.9 Å². The number of nitrogens with two attached hydrogens (primary N) is 1. The summed E-state index contributed by atoms with van der Waals surface area (Å²) in [6.45, 7) is 1.73. The van der Waals surface area contributed by atoms with E-state index in [4.69, 9.17) is 15.9 Å². The maximum Gasteiger partial charge on any atom is 0.328 e. The molecule has 18 heavy (non-hydrogen) atoms. The quantitative estimate of drug-likeness (QED) is 0.541. The van der Waals surface area contributed by atoms with Gasteiger partial charge in [0, 0.05) is 6.54 Å². The lowest BCUT2D eigenvalue weighted by atomic mass is 9.70. The smallest absolute Gasteiger partial charge is 0.328 e. The molecule has 6 heteroatoms. The summed E-state index contributed by atoms with van der Waals surface area (Å²) in [6, 6.07) is -1.25. The molecule has 1 rings (SSSR count). The van der Waals surface area contributed by atoms with E-state index in [-0.39, 0.29) is 12.5 Å². The summed E-state index contributed by atoms with van der Waals surface area (Å²) < 4.78 is 0. The molecule has 6 nitrogen and oxygen atoms in total. The molecule has 0 aromatic rings. The number of rotatable bonds is 5. The van der Waals surface area contributed by atoms with E-state index in [1.807, 2.05) is 0 Å². The number of carboxylic acid groups (broad SMARTS) is 1. The standard InChI is InChI=1S/C12H22N2O4/c1-8-2-4-12(7-13,5-3-8)11(18)14-9(6-15)10(16)17/h8-9,15H,2-7,13H2,1H3,(H,14,18)(H,16,17). The van der Waals surface area contributed by atoms with E-state index in [0.717, 1.165) is 12.8 Å². The first-order valence-corrected chi connectivity index (χ1v) is 6.30. The van der Waals surface area contributed by atoms with Crippen molar-refractivity contribution in [3.05, 3.63) is 0 Å². The average molecular weight is 258 g/mol. The van der Waals surface area contributed by atoms with E-state index in [0.29, 0.717) is 18.8 Å². The van der Waals surface area contributed by atoms with Crippen LogP contribution in [0.15, 0.2) is 0 Å². The van der Waals surface area contributed by atoms with Crippen LogP contribution < -0.4 is 11.1 Å². The lowest BCUT2D eigenvalue weighted by Crippen LogP contribution is -2.53. The summed E-state index contributed by atoms with van der Waals surface area (Å²) in [5, 5.41) is 20.1. The number of carbonyl (C=O) groups excluding carboxylic acids is 1. The second-order valence-electron chi connectivity index (χ2n) is 5.21. The summed E-state index contributed by atoms with van der Waals surface area (Å²) in [5.74, 6) is -1.01. The van der Waals surface area contributed by atoms with Crippen LogP contribution in [0.3, 0.4) is 0 Å². The molecule has 1 unspecified atom stereocenters. The number of carbonyl (C=O) groups is 2. The van der Waals surface area contributed by atoms with Gasteiger partial charge in [-0.2, -0.15) is 0 Å². The predicted octanol–water partition coefficient (Wildman–Crippen LogP) is -0.297. The van der Waals surface area contributed by atoms with Gasteiger partial charge in [-0.15, -0.1) is 0 Å². The van der Waals surface area contributed by atoms with Crippen molar-refractivity contribution in [1.29, 1.82) is 0 Å². The highest BCUT2D eigenvalue weighted by Gasteiger charge is 2.41. The van der Waals surface area contributed by atoms with Crippen LogP contribution in [0, 0.1) is 11.3 Å². The molecule has 0 aromatic carbocycles. The van der Waals surface area contributed by atoms with Gasteiger partial charge in [0.2, 0.25) is 5.91 Å². The van der Waals surface area contributed by atoms with Crippen LogP contribution in [-0.2, 0) is 9.59 Å². The maximum absolute atomic E-state index is 12.2.